The number of phenolic OH excluding ortho intramolecular Hbond substituents is 1. The highest BCUT2D eigenvalue weighted by Crippen LogP contribution is 2.34. The van der Waals surface area contributed by atoms with Crippen LogP contribution in [-0.4, -0.2) is 23.7 Å². The number of allylic oxidation sites excluding steroid dienone is 1. The number of amides is 1. The van der Waals surface area contributed by atoms with Crippen LogP contribution in [0.5, 0.6) is 11.5 Å². The topological polar surface area (TPSA) is 58.6 Å². The molecule has 0 bridgehead atoms. The Balaban J connectivity index is 1.81. The van der Waals surface area contributed by atoms with E-state index in [0.717, 1.165) is 40.7 Å². The third kappa shape index (κ3) is 5.53. The minimum atomic E-state index is 0.00672. The lowest BCUT2D eigenvalue weighted by molar-refractivity contribution is -0.117. The predicted octanol–water partition coefficient (Wildman–Crippen LogP) is 5.70. The molecule has 2 aromatic carbocycles. The molecule has 0 aliphatic heterocycles. The van der Waals surface area contributed by atoms with Crippen LogP contribution in [0.2, 0.25) is 0 Å². The zero-order chi connectivity index (χ0) is 21.8. The monoisotopic (exact) mass is 405 g/mol. The Bertz CT molecular complexity index is 1010. The molecule has 30 heavy (non-hydrogen) atoms. The molecule has 0 radical (unpaired) electrons. The molecule has 158 valence electrons. The number of benzene rings is 2. The number of nitrogens with one attached hydrogen (secondary N) is 1. The third-order valence-electron chi connectivity index (χ3n) is 5.26. The van der Waals surface area contributed by atoms with Gasteiger partial charge < -0.3 is 15.2 Å². The lowest BCUT2D eigenvalue weighted by Gasteiger charge is -2.13. The van der Waals surface area contributed by atoms with Crippen LogP contribution < -0.4 is 10.1 Å². The van der Waals surface area contributed by atoms with E-state index in [4.69, 9.17) is 4.74 Å². The van der Waals surface area contributed by atoms with E-state index in [1.807, 2.05) is 52.8 Å². The molecule has 4 nitrogen and oxygen atoms in total. The first-order chi connectivity index (χ1) is 14.2. The van der Waals surface area contributed by atoms with Gasteiger partial charge in [-0.1, -0.05) is 23.8 Å². The molecule has 0 saturated heterocycles. The summed E-state index contributed by atoms with van der Waals surface area (Å²) in [7, 11) is 0. The Labute approximate surface area is 179 Å². The molecule has 1 aliphatic rings. The number of rotatable bonds is 7. The molecule has 1 fully saturated rings. The number of carbonyl (C=O) groups excluding carboxylic acids is 1. The molecule has 3 rings (SSSR count). The van der Waals surface area contributed by atoms with E-state index in [0.29, 0.717) is 24.0 Å². The quantitative estimate of drug-likeness (QED) is 0.459. The van der Waals surface area contributed by atoms with Crippen molar-refractivity contribution in [3.63, 3.8) is 0 Å². The highest BCUT2D eigenvalue weighted by atomic mass is 16.5. The van der Waals surface area contributed by atoms with Crippen LogP contribution in [0.4, 0.5) is 0 Å². The Morgan fingerprint density at radius 2 is 1.87 bits per heavy atom. The maximum absolute atomic E-state index is 12.2. The van der Waals surface area contributed by atoms with Crippen LogP contribution in [0.1, 0.15) is 50.3 Å². The predicted molar refractivity (Wildman–Crippen MR) is 123 cm³/mol. The molecule has 2 N–H and O–H groups in total. The molecule has 4 heteroatoms. The van der Waals surface area contributed by atoms with Crippen LogP contribution in [0, 0.1) is 13.8 Å². The van der Waals surface area contributed by atoms with Gasteiger partial charge in [0, 0.05) is 11.6 Å². The second-order valence-corrected chi connectivity index (χ2v) is 8.37. The van der Waals surface area contributed by atoms with Gasteiger partial charge in [0.1, 0.15) is 6.61 Å². The molecule has 2 aromatic rings. The maximum Gasteiger partial charge on any atom is 0.247 e. The number of phenols is 1. The van der Waals surface area contributed by atoms with E-state index in [-0.39, 0.29) is 11.7 Å². The van der Waals surface area contributed by atoms with Gasteiger partial charge in [0.05, 0.1) is 0 Å². The largest absolute Gasteiger partial charge is 0.504 e. The van der Waals surface area contributed by atoms with Gasteiger partial charge in [0.2, 0.25) is 5.91 Å². The van der Waals surface area contributed by atoms with E-state index < -0.39 is 0 Å². The van der Waals surface area contributed by atoms with Crippen LogP contribution in [-0.2, 0) is 4.79 Å². The Morgan fingerprint density at radius 1 is 1.13 bits per heavy atom. The molecule has 0 aromatic heterocycles. The first-order valence-electron chi connectivity index (χ1n) is 10.4. The summed E-state index contributed by atoms with van der Waals surface area (Å²) in [5.74, 6) is 0.609. The van der Waals surface area contributed by atoms with Crippen LogP contribution in [0.15, 0.2) is 47.6 Å². The Kier molecular flexibility index (Phi) is 6.66. The van der Waals surface area contributed by atoms with Crippen molar-refractivity contribution in [3.8, 4) is 22.6 Å². The van der Waals surface area contributed by atoms with E-state index in [1.54, 1.807) is 12.1 Å². The van der Waals surface area contributed by atoms with Crippen LogP contribution in [0.3, 0.4) is 0 Å². The number of aryl methyl sites for hydroxylation is 2. The fraction of sp³-hybridized carbons (Fsp3) is 0.346. The number of ether oxygens (including phenoxy) is 1. The summed E-state index contributed by atoms with van der Waals surface area (Å²) < 4.78 is 5.64. The number of carbonyl (C=O) groups is 1. The van der Waals surface area contributed by atoms with Gasteiger partial charge in [-0.05, 0) is 99.6 Å². The van der Waals surface area contributed by atoms with Gasteiger partial charge in [-0.3, -0.25) is 4.79 Å². The standard InChI is InChI=1S/C26H31NO3/c1-16(2)10-11-30-25-9-6-20(15-24(25)28)23-14-17(3)21(12-18(23)4)13-19(5)26(29)27-22-7-8-22/h6,9-10,12-15,22,28H,7-8,11H2,1-5H3,(H,27,29)/b19-13+. The molecular weight excluding hydrogens is 374 g/mol. The second-order valence-electron chi connectivity index (χ2n) is 8.37. The van der Waals surface area contributed by atoms with Crippen molar-refractivity contribution in [3.05, 3.63) is 64.2 Å². The third-order valence-corrected chi connectivity index (χ3v) is 5.26. The smallest absolute Gasteiger partial charge is 0.247 e. The molecule has 1 aliphatic carbocycles. The average molecular weight is 406 g/mol. The van der Waals surface area contributed by atoms with Crippen molar-refractivity contribution in [2.24, 2.45) is 0 Å². The minimum Gasteiger partial charge on any atom is -0.504 e. The van der Waals surface area contributed by atoms with E-state index in [2.05, 4.69) is 17.4 Å². The summed E-state index contributed by atoms with van der Waals surface area (Å²) >= 11 is 0. The average Bonchev–Trinajstić information content (AvgIpc) is 3.49. The van der Waals surface area contributed by atoms with Crippen LogP contribution in [0.25, 0.3) is 17.2 Å². The van der Waals surface area contributed by atoms with Crippen molar-refractivity contribution in [1.29, 1.82) is 0 Å². The van der Waals surface area contributed by atoms with Crippen molar-refractivity contribution in [2.75, 3.05) is 6.61 Å². The van der Waals surface area contributed by atoms with Gasteiger partial charge in [-0.15, -0.1) is 0 Å². The zero-order valence-electron chi connectivity index (χ0n) is 18.5. The first kappa shape index (κ1) is 21.7. The number of hydrogen-bond acceptors (Lipinski definition) is 3. The first-order valence-corrected chi connectivity index (χ1v) is 10.4. The van der Waals surface area contributed by atoms with Crippen LogP contribution >= 0.6 is 0 Å². The highest BCUT2D eigenvalue weighted by Gasteiger charge is 2.23. The lowest BCUT2D eigenvalue weighted by atomic mass is 9.94. The van der Waals surface area contributed by atoms with Gasteiger partial charge in [0.15, 0.2) is 11.5 Å². The summed E-state index contributed by atoms with van der Waals surface area (Å²) in [6.45, 7) is 10.4. The molecule has 0 spiro atoms. The molecule has 0 unspecified atom stereocenters. The number of hydrogen-bond donors (Lipinski definition) is 2. The maximum atomic E-state index is 12.2. The van der Waals surface area contributed by atoms with Gasteiger partial charge in [-0.2, -0.15) is 0 Å². The van der Waals surface area contributed by atoms with Crippen molar-refractivity contribution >= 4 is 12.0 Å². The van der Waals surface area contributed by atoms with E-state index in [9.17, 15) is 9.90 Å². The summed E-state index contributed by atoms with van der Waals surface area (Å²) in [6.07, 6.45) is 6.08. The molecule has 1 saturated carbocycles. The van der Waals surface area contributed by atoms with Crippen molar-refractivity contribution < 1.29 is 14.6 Å². The molecular formula is C26H31NO3. The number of aromatic hydroxyl groups is 1. The van der Waals surface area contributed by atoms with Gasteiger partial charge in [0.25, 0.3) is 0 Å². The van der Waals surface area contributed by atoms with Crippen molar-refractivity contribution in [1.82, 2.24) is 5.32 Å². The van der Waals surface area contributed by atoms with Gasteiger partial charge >= 0.3 is 0 Å². The van der Waals surface area contributed by atoms with E-state index in [1.165, 1.54) is 5.57 Å². The fourth-order valence-electron chi connectivity index (χ4n) is 3.24. The summed E-state index contributed by atoms with van der Waals surface area (Å²) in [5, 5.41) is 13.4. The lowest BCUT2D eigenvalue weighted by Crippen LogP contribution is -2.25. The highest BCUT2D eigenvalue weighted by molar-refractivity contribution is 5.97. The SMILES string of the molecule is CC(C)=CCOc1ccc(-c2cc(C)c(/C=C(\C)C(=O)NC3CC3)cc2C)cc1O. The molecule has 1 amide bonds. The Morgan fingerprint density at radius 3 is 2.50 bits per heavy atom. The minimum absolute atomic E-state index is 0.00672. The normalized spacial score (nSPS) is 13.7. The molecule has 0 atom stereocenters. The summed E-state index contributed by atoms with van der Waals surface area (Å²) in [4.78, 5) is 12.2. The van der Waals surface area contributed by atoms with Crippen molar-refractivity contribution in [2.45, 2.75) is 53.5 Å². The Hall–Kier alpha value is -3.01. The zero-order valence-corrected chi connectivity index (χ0v) is 18.5. The van der Waals surface area contributed by atoms with E-state index >= 15 is 0 Å². The summed E-state index contributed by atoms with van der Waals surface area (Å²) in [6, 6.07) is 10.1. The fourth-order valence-corrected chi connectivity index (χ4v) is 3.24. The summed E-state index contributed by atoms with van der Waals surface area (Å²) in [5.41, 5.74) is 7.07. The second kappa shape index (κ2) is 9.21. The van der Waals surface area contributed by atoms with Gasteiger partial charge in [-0.25, -0.2) is 0 Å². The molecule has 0 heterocycles.